The molecule has 3 rings (SSSR count). The van der Waals surface area contributed by atoms with E-state index in [1.54, 1.807) is 7.11 Å². The van der Waals surface area contributed by atoms with E-state index in [9.17, 15) is 4.79 Å². The number of hydrogen-bond donors (Lipinski definition) is 1. The van der Waals surface area contributed by atoms with Crippen molar-refractivity contribution in [2.24, 2.45) is 17.8 Å². The molecular formula is C15H25NO2. The van der Waals surface area contributed by atoms with Gasteiger partial charge in [0.15, 0.2) is 0 Å². The third-order valence-corrected chi connectivity index (χ3v) is 5.40. The van der Waals surface area contributed by atoms with E-state index in [1.807, 2.05) is 0 Å². The summed E-state index contributed by atoms with van der Waals surface area (Å²) in [5.74, 6) is 1.87. The molecule has 0 aromatic heterocycles. The van der Waals surface area contributed by atoms with Gasteiger partial charge in [0.2, 0.25) is 0 Å². The maximum Gasteiger partial charge on any atom is 0.326 e. The lowest BCUT2D eigenvalue weighted by Gasteiger charge is -2.51. The fourth-order valence-corrected chi connectivity index (χ4v) is 3.56. The molecule has 3 fully saturated rings. The molecule has 0 heterocycles. The van der Waals surface area contributed by atoms with Gasteiger partial charge in [-0.2, -0.15) is 0 Å². The second-order valence-corrected chi connectivity index (χ2v) is 6.44. The first-order valence-electron chi connectivity index (χ1n) is 7.61. The van der Waals surface area contributed by atoms with Gasteiger partial charge in [0.1, 0.15) is 5.54 Å². The normalized spacial score (nSPS) is 25.4. The van der Waals surface area contributed by atoms with Gasteiger partial charge in [-0.15, -0.1) is 0 Å². The number of methoxy groups -OCH3 is 1. The van der Waals surface area contributed by atoms with Crippen molar-refractivity contribution in [3.8, 4) is 0 Å². The van der Waals surface area contributed by atoms with Crippen LogP contribution in [0, 0.1) is 17.8 Å². The highest BCUT2D eigenvalue weighted by Gasteiger charge is 2.55. The van der Waals surface area contributed by atoms with Crippen LogP contribution in [0.2, 0.25) is 0 Å². The van der Waals surface area contributed by atoms with Crippen LogP contribution in [-0.4, -0.2) is 25.2 Å². The molecule has 18 heavy (non-hydrogen) atoms. The predicted molar refractivity (Wildman–Crippen MR) is 70.2 cm³/mol. The summed E-state index contributed by atoms with van der Waals surface area (Å²) in [6, 6.07) is 0. The monoisotopic (exact) mass is 251 g/mol. The Balaban J connectivity index is 1.78. The van der Waals surface area contributed by atoms with Crippen molar-refractivity contribution in [2.75, 3.05) is 13.7 Å². The van der Waals surface area contributed by atoms with Gasteiger partial charge in [0.05, 0.1) is 7.11 Å². The number of carbonyl (C=O) groups excluding carboxylic acids is 1. The molecule has 3 aliphatic carbocycles. The number of rotatable bonds is 6. The average molecular weight is 251 g/mol. The highest BCUT2D eigenvalue weighted by molar-refractivity contribution is 5.82. The lowest BCUT2D eigenvalue weighted by atomic mass is 9.59. The molecule has 0 amide bonds. The number of carbonyl (C=O) groups is 1. The van der Waals surface area contributed by atoms with Crippen LogP contribution < -0.4 is 5.32 Å². The maximum atomic E-state index is 12.5. The Bertz CT molecular complexity index is 302. The first-order valence-corrected chi connectivity index (χ1v) is 7.61. The van der Waals surface area contributed by atoms with Gasteiger partial charge in [-0.05, 0) is 62.8 Å². The highest BCUT2D eigenvalue weighted by atomic mass is 16.5. The predicted octanol–water partition coefficient (Wildman–Crippen LogP) is 2.50. The van der Waals surface area contributed by atoms with Gasteiger partial charge in [0, 0.05) is 0 Å². The van der Waals surface area contributed by atoms with E-state index >= 15 is 0 Å². The van der Waals surface area contributed by atoms with Crippen molar-refractivity contribution in [3.05, 3.63) is 0 Å². The highest BCUT2D eigenvalue weighted by Crippen LogP contribution is 2.48. The standard InChI is InChI=1S/C15H25NO2/c1-18-14(17)15(12-4-2-5-12,13-6-3-7-13)16-10-11-8-9-11/h11-13,16H,2-10H2,1H3. The molecule has 3 nitrogen and oxygen atoms in total. The summed E-state index contributed by atoms with van der Waals surface area (Å²) >= 11 is 0. The molecular weight excluding hydrogens is 226 g/mol. The molecule has 3 heteroatoms. The molecule has 0 spiro atoms. The molecule has 0 aliphatic heterocycles. The van der Waals surface area contributed by atoms with E-state index in [2.05, 4.69) is 5.32 Å². The Hall–Kier alpha value is -0.570. The SMILES string of the molecule is COC(=O)C(NCC1CC1)(C1CCC1)C1CCC1. The summed E-state index contributed by atoms with van der Waals surface area (Å²) in [7, 11) is 1.55. The average Bonchev–Trinajstić information content (AvgIpc) is 3.03. The Morgan fingerprint density at radius 2 is 1.67 bits per heavy atom. The summed E-state index contributed by atoms with van der Waals surface area (Å²) in [4.78, 5) is 12.5. The minimum atomic E-state index is -0.339. The summed E-state index contributed by atoms with van der Waals surface area (Å²) in [5.41, 5.74) is -0.339. The zero-order valence-electron chi connectivity index (χ0n) is 11.4. The molecule has 1 N–H and O–H groups in total. The summed E-state index contributed by atoms with van der Waals surface area (Å²) < 4.78 is 5.18. The lowest BCUT2D eigenvalue weighted by molar-refractivity contribution is -0.159. The second-order valence-electron chi connectivity index (χ2n) is 6.44. The van der Waals surface area contributed by atoms with Crippen molar-refractivity contribution in [1.29, 1.82) is 0 Å². The summed E-state index contributed by atoms with van der Waals surface area (Å²) in [6.45, 7) is 1.02. The van der Waals surface area contributed by atoms with E-state index in [0.717, 1.165) is 12.5 Å². The number of esters is 1. The van der Waals surface area contributed by atoms with E-state index in [1.165, 1.54) is 51.4 Å². The molecule has 0 aromatic carbocycles. The topological polar surface area (TPSA) is 38.3 Å². The van der Waals surface area contributed by atoms with Crippen molar-refractivity contribution < 1.29 is 9.53 Å². The molecule has 3 aliphatic rings. The van der Waals surface area contributed by atoms with Gasteiger partial charge in [-0.3, -0.25) is 4.79 Å². The Labute approximate surface area is 110 Å². The van der Waals surface area contributed by atoms with Crippen LogP contribution in [0.5, 0.6) is 0 Å². The van der Waals surface area contributed by atoms with Gasteiger partial charge in [-0.1, -0.05) is 12.8 Å². The summed E-state index contributed by atoms with van der Waals surface area (Å²) in [6.07, 6.45) is 10.0. The molecule has 0 aromatic rings. The quantitative estimate of drug-likeness (QED) is 0.737. The van der Waals surface area contributed by atoms with Crippen molar-refractivity contribution in [3.63, 3.8) is 0 Å². The maximum absolute atomic E-state index is 12.5. The Morgan fingerprint density at radius 3 is 2.00 bits per heavy atom. The van der Waals surface area contributed by atoms with E-state index in [4.69, 9.17) is 4.74 Å². The van der Waals surface area contributed by atoms with Crippen LogP contribution in [0.15, 0.2) is 0 Å². The smallest absolute Gasteiger partial charge is 0.326 e. The zero-order valence-corrected chi connectivity index (χ0v) is 11.4. The number of hydrogen-bond acceptors (Lipinski definition) is 3. The number of nitrogens with one attached hydrogen (secondary N) is 1. The van der Waals surface area contributed by atoms with Gasteiger partial charge >= 0.3 is 5.97 Å². The van der Waals surface area contributed by atoms with Gasteiger partial charge in [0.25, 0.3) is 0 Å². The van der Waals surface area contributed by atoms with Crippen molar-refractivity contribution >= 4 is 5.97 Å². The lowest BCUT2D eigenvalue weighted by Crippen LogP contribution is -2.66. The molecule has 0 unspecified atom stereocenters. The van der Waals surface area contributed by atoms with Crippen LogP contribution in [-0.2, 0) is 9.53 Å². The van der Waals surface area contributed by atoms with Crippen LogP contribution in [0.25, 0.3) is 0 Å². The largest absolute Gasteiger partial charge is 0.468 e. The van der Waals surface area contributed by atoms with E-state index in [0.29, 0.717) is 11.8 Å². The summed E-state index contributed by atoms with van der Waals surface area (Å²) in [5, 5.41) is 3.68. The van der Waals surface area contributed by atoms with Crippen molar-refractivity contribution in [1.82, 2.24) is 5.32 Å². The third-order valence-electron chi connectivity index (χ3n) is 5.40. The van der Waals surface area contributed by atoms with Gasteiger partial charge in [-0.25, -0.2) is 0 Å². The molecule has 0 saturated heterocycles. The Morgan fingerprint density at radius 1 is 1.11 bits per heavy atom. The molecule has 3 saturated carbocycles. The van der Waals surface area contributed by atoms with E-state index in [-0.39, 0.29) is 11.5 Å². The van der Waals surface area contributed by atoms with E-state index < -0.39 is 0 Å². The van der Waals surface area contributed by atoms with Crippen LogP contribution in [0.3, 0.4) is 0 Å². The first kappa shape index (κ1) is 12.5. The van der Waals surface area contributed by atoms with Crippen LogP contribution in [0.4, 0.5) is 0 Å². The zero-order chi connectivity index (χ0) is 12.6. The second kappa shape index (κ2) is 4.84. The molecule has 0 radical (unpaired) electrons. The molecule has 102 valence electrons. The van der Waals surface area contributed by atoms with Crippen LogP contribution >= 0.6 is 0 Å². The number of ether oxygens (including phenoxy) is 1. The van der Waals surface area contributed by atoms with Gasteiger partial charge < -0.3 is 10.1 Å². The van der Waals surface area contributed by atoms with Crippen molar-refractivity contribution in [2.45, 2.75) is 56.9 Å². The molecule has 0 bridgehead atoms. The fraction of sp³-hybridized carbons (Fsp3) is 0.933. The third kappa shape index (κ3) is 1.97. The minimum absolute atomic E-state index is 0.0116. The molecule has 0 atom stereocenters. The fourth-order valence-electron chi connectivity index (χ4n) is 3.56. The van der Waals surface area contributed by atoms with Crippen LogP contribution in [0.1, 0.15) is 51.4 Å². The Kier molecular flexibility index (Phi) is 3.35. The first-order chi connectivity index (χ1) is 8.77. The minimum Gasteiger partial charge on any atom is -0.468 e.